The lowest BCUT2D eigenvalue weighted by Crippen LogP contribution is -2.31. The van der Waals surface area contributed by atoms with Crippen LogP contribution in [0.15, 0.2) is 42.5 Å². The van der Waals surface area contributed by atoms with E-state index >= 15 is 0 Å². The molecule has 1 amide bonds. The molecule has 0 aromatic heterocycles. The van der Waals surface area contributed by atoms with E-state index in [9.17, 15) is 9.18 Å². The van der Waals surface area contributed by atoms with Gasteiger partial charge < -0.3 is 14.8 Å². The van der Waals surface area contributed by atoms with Gasteiger partial charge in [0.1, 0.15) is 17.3 Å². The Balaban J connectivity index is 1.94. The second-order valence-corrected chi connectivity index (χ2v) is 5.28. The van der Waals surface area contributed by atoms with Crippen molar-refractivity contribution < 1.29 is 18.7 Å². The highest BCUT2D eigenvalue weighted by molar-refractivity contribution is 5.78. The van der Waals surface area contributed by atoms with Gasteiger partial charge in [-0.2, -0.15) is 0 Å². The molecule has 0 spiro atoms. The highest BCUT2D eigenvalue weighted by Gasteiger charge is 2.14. The van der Waals surface area contributed by atoms with E-state index in [2.05, 4.69) is 5.32 Å². The van der Waals surface area contributed by atoms with E-state index in [0.29, 0.717) is 5.75 Å². The lowest BCUT2D eigenvalue weighted by Gasteiger charge is -2.18. The summed E-state index contributed by atoms with van der Waals surface area (Å²) in [7, 11) is 1.60. The summed E-state index contributed by atoms with van der Waals surface area (Å²) in [5.74, 6) is 0.567. The molecule has 0 bridgehead atoms. The molecule has 2 aromatic rings. The zero-order valence-corrected chi connectivity index (χ0v) is 13.4. The summed E-state index contributed by atoms with van der Waals surface area (Å²) < 4.78 is 23.5. The van der Waals surface area contributed by atoms with E-state index < -0.39 is 0 Å². The third-order valence-corrected chi connectivity index (χ3v) is 3.41. The smallest absolute Gasteiger partial charge is 0.258 e. The highest BCUT2D eigenvalue weighted by atomic mass is 19.1. The first-order valence-corrected chi connectivity index (χ1v) is 7.32. The maximum atomic E-state index is 12.8. The van der Waals surface area contributed by atoms with Crippen LogP contribution in [0.25, 0.3) is 0 Å². The van der Waals surface area contributed by atoms with E-state index in [-0.39, 0.29) is 24.4 Å². The third kappa shape index (κ3) is 4.71. The van der Waals surface area contributed by atoms with Crippen LogP contribution in [0.5, 0.6) is 11.5 Å². The Labute approximate surface area is 135 Å². The van der Waals surface area contributed by atoms with Gasteiger partial charge in [0.2, 0.25) is 0 Å². The van der Waals surface area contributed by atoms with Gasteiger partial charge in [-0.05, 0) is 44.2 Å². The molecule has 2 rings (SSSR count). The number of nitrogens with one attached hydrogen (secondary N) is 1. The van der Waals surface area contributed by atoms with Gasteiger partial charge in [-0.1, -0.05) is 17.7 Å². The van der Waals surface area contributed by atoms with Gasteiger partial charge >= 0.3 is 0 Å². The molecule has 23 heavy (non-hydrogen) atoms. The number of hydrogen-bond acceptors (Lipinski definition) is 3. The van der Waals surface area contributed by atoms with Crippen LogP contribution in [-0.2, 0) is 4.79 Å². The molecule has 0 heterocycles. The van der Waals surface area contributed by atoms with Crippen LogP contribution in [0, 0.1) is 12.7 Å². The monoisotopic (exact) mass is 317 g/mol. The second-order valence-electron chi connectivity index (χ2n) is 5.28. The number of methoxy groups -OCH3 is 1. The van der Waals surface area contributed by atoms with Gasteiger partial charge in [0.05, 0.1) is 13.2 Å². The zero-order valence-electron chi connectivity index (χ0n) is 13.4. The van der Waals surface area contributed by atoms with Crippen molar-refractivity contribution >= 4 is 5.91 Å². The van der Waals surface area contributed by atoms with Crippen LogP contribution in [0.3, 0.4) is 0 Å². The number of rotatable bonds is 6. The fourth-order valence-corrected chi connectivity index (χ4v) is 2.23. The van der Waals surface area contributed by atoms with Crippen molar-refractivity contribution in [1.29, 1.82) is 0 Å². The Morgan fingerprint density at radius 3 is 2.57 bits per heavy atom. The van der Waals surface area contributed by atoms with Crippen molar-refractivity contribution in [3.05, 3.63) is 59.4 Å². The number of ether oxygens (including phenoxy) is 2. The summed E-state index contributed by atoms with van der Waals surface area (Å²) in [5.41, 5.74) is 1.99. The Hall–Kier alpha value is -2.56. The van der Waals surface area contributed by atoms with Crippen molar-refractivity contribution in [3.63, 3.8) is 0 Å². The molecule has 122 valence electrons. The van der Waals surface area contributed by atoms with Gasteiger partial charge in [0, 0.05) is 5.56 Å². The summed E-state index contributed by atoms with van der Waals surface area (Å²) in [6, 6.07) is 11.1. The first-order valence-electron chi connectivity index (χ1n) is 7.32. The molecule has 0 aliphatic carbocycles. The van der Waals surface area contributed by atoms with E-state index in [4.69, 9.17) is 9.47 Å². The Morgan fingerprint density at radius 2 is 1.91 bits per heavy atom. The van der Waals surface area contributed by atoms with Gasteiger partial charge in [-0.15, -0.1) is 0 Å². The molecular weight excluding hydrogens is 297 g/mol. The zero-order chi connectivity index (χ0) is 16.8. The van der Waals surface area contributed by atoms with Crippen molar-refractivity contribution in [1.82, 2.24) is 5.32 Å². The molecule has 0 fully saturated rings. The number of hydrogen-bond donors (Lipinski definition) is 1. The standard InChI is InChI=1S/C18H20FNO3/c1-12-4-9-17(22-3)16(10-12)13(2)20-18(21)11-23-15-7-5-14(19)6-8-15/h4-10,13H,11H2,1-3H3,(H,20,21)/t13-/m1/s1. The SMILES string of the molecule is COc1ccc(C)cc1[C@@H](C)NC(=O)COc1ccc(F)cc1. The van der Waals surface area contributed by atoms with Crippen LogP contribution in [-0.4, -0.2) is 19.6 Å². The third-order valence-electron chi connectivity index (χ3n) is 3.41. The van der Waals surface area contributed by atoms with Crippen LogP contribution >= 0.6 is 0 Å². The summed E-state index contributed by atoms with van der Waals surface area (Å²) >= 11 is 0. The number of benzene rings is 2. The Bertz CT molecular complexity index is 670. The topological polar surface area (TPSA) is 47.6 Å². The molecular formula is C18H20FNO3. The lowest BCUT2D eigenvalue weighted by molar-refractivity contribution is -0.123. The van der Waals surface area contributed by atoms with Crippen LogP contribution in [0.1, 0.15) is 24.1 Å². The molecule has 5 heteroatoms. The first kappa shape index (κ1) is 16.8. The highest BCUT2D eigenvalue weighted by Crippen LogP contribution is 2.26. The van der Waals surface area contributed by atoms with Gasteiger partial charge in [-0.3, -0.25) is 4.79 Å². The average molecular weight is 317 g/mol. The van der Waals surface area contributed by atoms with Crippen LogP contribution in [0.4, 0.5) is 4.39 Å². The normalized spacial score (nSPS) is 11.7. The van der Waals surface area contributed by atoms with Crippen molar-refractivity contribution in [2.75, 3.05) is 13.7 Å². The summed E-state index contributed by atoms with van der Waals surface area (Å²) in [4.78, 5) is 12.0. The van der Waals surface area contributed by atoms with Crippen LogP contribution in [0.2, 0.25) is 0 Å². The predicted molar refractivity (Wildman–Crippen MR) is 86.2 cm³/mol. The summed E-state index contributed by atoms with van der Waals surface area (Å²) in [6.45, 7) is 3.73. The largest absolute Gasteiger partial charge is 0.496 e. The van der Waals surface area contributed by atoms with Crippen LogP contribution < -0.4 is 14.8 Å². The number of carbonyl (C=O) groups excluding carboxylic acids is 1. The number of aryl methyl sites for hydroxylation is 1. The molecule has 0 unspecified atom stereocenters. The molecule has 0 saturated carbocycles. The Kier molecular flexibility index (Phi) is 5.57. The molecule has 0 aliphatic rings. The average Bonchev–Trinajstić information content (AvgIpc) is 2.54. The fraction of sp³-hybridized carbons (Fsp3) is 0.278. The minimum atomic E-state index is -0.345. The maximum absolute atomic E-state index is 12.8. The van der Waals surface area contributed by atoms with E-state index in [0.717, 1.165) is 16.9 Å². The van der Waals surface area contributed by atoms with Crippen molar-refractivity contribution in [2.45, 2.75) is 19.9 Å². The molecule has 1 atom stereocenters. The number of carbonyl (C=O) groups is 1. The number of amides is 1. The van der Waals surface area contributed by atoms with Gasteiger partial charge in [-0.25, -0.2) is 4.39 Å². The molecule has 1 N–H and O–H groups in total. The maximum Gasteiger partial charge on any atom is 0.258 e. The molecule has 0 radical (unpaired) electrons. The summed E-state index contributed by atoms with van der Waals surface area (Å²) in [5, 5.41) is 2.86. The minimum Gasteiger partial charge on any atom is -0.496 e. The second kappa shape index (κ2) is 7.63. The molecule has 0 aliphatic heterocycles. The van der Waals surface area contributed by atoms with Crippen molar-refractivity contribution in [3.8, 4) is 11.5 Å². The van der Waals surface area contributed by atoms with Crippen molar-refractivity contribution in [2.24, 2.45) is 0 Å². The lowest BCUT2D eigenvalue weighted by atomic mass is 10.0. The quantitative estimate of drug-likeness (QED) is 0.888. The van der Waals surface area contributed by atoms with E-state index in [1.807, 2.05) is 32.0 Å². The summed E-state index contributed by atoms with van der Waals surface area (Å²) in [6.07, 6.45) is 0. The first-order chi connectivity index (χ1) is 11.0. The van der Waals surface area contributed by atoms with Gasteiger partial charge in [0.25, 0.3) is 5.91 Å². The predicted octanol–water partition coefficient (Wildman–Crippen LogP) is 3.40. The molecule has 2 aromatic carbocycles. The van der Waals surface area contributed by atoms with Gasteiger partial charge in [0.15, 0.2) is 6.61 Å². The number of halogens is 1. The fourth-order valence-electron chi connectivity index (χ4n) is 2.23. The Morgan fingerprint density at radius 1 is 1.22 bits per heavy atom. The molecule has 4 nitrogen and oxygen atoms in total. The minimum absolute atomic E-state index is 0.135. The molecule has 0 saturated heterocycles. The van der Waals surface area contributed by atoms with E-state index in [1.54, 1.807) is 7.11 Å². The van der Waals surface area contributed by atoms with E-state index in [1.165, 1.54) is 24.3 Å².